The quantitative estimate of drug-likeness (QED) is 0.632. The molecule has 3 heteroatoms. The molecule has 0 radical (unpaired) electrons. The number of halogens is 1. The Bertz CT molecular complexity index is 91.1. The third kappa shape index (κ3) is 4.63. The molecular weight excluding hydrogens is 182 g/mol. The van der Waals surface area contributed by atoms with Crippen molar-refractivity contribution < 1.29 is 4.84 Å². The van der Waals surface area contributed by atoms with Gasteiger partial charge in [0.2, 0.25) is 0 Å². The summed E-state index contributed by atoms with van der Waals surface area (Å²) in [6, 6.07) is 0. The molecule has 0 saturated heterocycles. The van der Waals surface area contributed by atoms with Gasteiger partial charge in [0.1, 0.15) is 0 Å². The fraction of sp³-hybridized carbons (Fsp3) is 0.667. The van der Waals surface area contributed by atoms with E-state index in [4.69, 9.17) is 4.84 Å². The van der Waals surface area contributed by atoms with Crippen LogP contribution < -0.4 is 0 Å². The molecule has 0 rings (SSSR count). The molecule has 0 heterocycles. The molecule has 0 amide bonds. The molecule has 0 saturated carbocycles. The summed E-state index contributed by atoms with van der Waals surface area (Å²) in [6.07, 6.45) is 0. The summed E-state index contributed by atoms with van der Waals surface area (Å²) in [6.45, 7) is 7.33. The first-order valence-corrected chi connectivity index (χ1v) is 3.62. The summed E-state index contributed by atoms with van der Waals surface area (Å²) < 4.78 is 0.936. The van der Waals surface area contributed by atoms with Crippen molar-refractivity contribution in [3.05, 3.63) is 11.1 Å². The Kier molecular flexibility index (Phi) is 5.04. The number of likely N-dealkylation sites (N-methyl/N-ethyl adjacent to an activating group) is 1. The summed E-state index contributed by atoms with van der Waals surface area (Å²) in [5, 5.41) is 1.80. The Hall–Kier alpha value is 0.140. The van der Waals surface area contributed by atoms with E-state index in [1.54, 1.807) is 12.2 Å². The molecule has 0 spiro atoms. The zero-order chi connectivity index (χ0) is 7.28. The maximum absolute atomic E-state index is 4.95. The van der Waals surface area contributed by atoms with Crippen LogP contribution in [0.15, 0.2) is 11.1 Å². The molecule has 0 aliphatic carbocycles. The molecule has 0 aromatic carbocycles. The normalized spacial score (nSPS) is 10.2. The van der Waals surface area contributed by atoms with Crippen molar-refractivity contribution in [2.75, 3.05) is 20.2 Å². The maximum Gasteiger partial charge on any atom is 0.0575 e. The zero-order valence-electron chi connectivity index (χ0n) is 5.85. The van der Waals surface area contributed by atoms with E-state index in [-0.39, 0.29) is 0 Å². The van der Waals surface area contributed by atoms with Gasteiger partial charge in [-0.25, -0.2) is 0 Å². The molecule has 0 N–H and O–H groups in total. The zero-order valence-corrected chi connectivity index (χ0v) is 7.44. The minimum absolute atomic E-state index is 0.743. The van der Waals surface area contributed by atoms with Crippen LogP contribution in [0.5, 0.6) is 0 Å². The summed E-state index contributed by atoms with van der Waals surface area (Å²) in [5.41, 5.74) is 0. The Balaban J connectivity index is 3.43. The number of nitrogens with zero attached hydrogens (tertiary/aromatic N) is 1. The largest absolute Gasteiger partial charge is 0.302 e. The number of hydrogen-bond donors (Lipinski definition) is 0. The van der Waals surface area contributed by atoms with Crippen molar-refractivity contribution in [3.63, 3.8) is 0 Å². The van der Waals surface area contributed by atoms with Crippen molar-refractivity contribution in [1.29, 1.82) is 0 Å². The van der Waals surface area contributed by atoms with Crippen LogP contribution in [0.25, 0.3) is 0 Å². The van der Waals surface area contributed by atoms with Gasteiger partial charge in [-0.15, -0.1) is 0 Å². The Labute approximate surface area is 64.6 Å². The predicted octanol–water partition coefficient (Wildman–Crippen LogP) is 1.78. The maximum atomic E-state index is 4.95. The van der Waals surface area contributed by atoms with Crippen molar-refractivity contribution >= 4 is 15.9 Å². The van der Waals surface area contributed by atoms with E-state index in [0.717, 1.165) is 17.6 Å². The summed E-state index contributed by atoms with van der Waals surface area (Å²) in [4.78, 5) is 4.95. The van der Waals surface area contributed by atoms with E-state index in [1.165, 1.54) is 0 Å². The van der Waals surface area contributed by atoms with Crippen molar-refractivity contribution in [2.45, 2.75) is 6.92 Å². The van der Waals surface area contributed by atoms with Crippen LogP contribution in [0, 0.1) is 0 Å². The first-order valence-electron chi connectivity index (χ1n) is 2.83. The van der Waals surface area contributed by atoms with Crippen molar-refractivity contribution in [3.8, 4) is 0 Å². The molecule has 0 fully saturated rings. The van der Waals surface area contributed by atoms with Gasteiger partial charge >= 0.3 is 0 Å². The fourth-order valence-corrected chi connectivity index (χ4v) is 0.777. The monoisotopic (exact) mass is 193 g/mol. The number of hydroxylamine groups is 2. The van der Waals surface area contributed by atoms with Crippen LogP contribution in [0.2, 0.25) is 0 Å². The lowest BCUT2D eigenvalue weighted by Gasteiger charge is -2.15. The molecule has 0 aromatic heterocycles. The van der Waals surface area contributed by atoms with Crippen molar-refractivity contribution in [2.24, 2.45) is 0 Å². The highest BCUT2D eigenvalue weighted by Crippen LogP contribution is 2.02. The van der Waals surface area contributed by atoms with Crippen LogP contribution in [-0.4, -0.2) is 25.3 Å². The van der Waals surface area contributed by atoms with Crippen LogP contribution in [0.1, 0.15) is 6.92 Å². The highest BCUT2D eigenvalue weighted by atomic mass is 79.9. The van der Waals surface area contributed by atoms with Gasteiger partial charge in [0.25, 0.3) is 0 Å². The van der Waals surface area contributed by atoms with Gasteiger partial charge in [-0.3, -0.25) is 0 Å². The average molecular weight is 194 g/mol. The third-order valence-electron chi connectivity index (χ3n) is 0.959. The molecule has 0 bridgehead atoms. The van der Waals surface area contributed by atoms with Crippen LogP contribution in [-0.2, 0) is 4.84 Å². The SMILES string of the molecule is C=C(Br)CN(CC)OC. The third-order valence-corrected chi connectivity index (χ3v) is 1.21. The van der Waals surface area contributed by atoms with E-state index in [2.05, 4.69) is 22.5 Å². The molecule has 0 unspecified atom stereocenters. The molecule has 2 nitrogen and oxygen atoms in total. The van der Waals surface area contributed by atoms with Crippen LogP contribution in [0.4, 0.5) is 0 Å². The molecule has 0 atom stereocenters. The van der Waals surface area contributed by atoms with Gasteiger partial charge in [0, 0.05) is 11.0 Å². The standard InChI is InChI=1S/C6H12BrNO/c1-4-8(9-3)5-6(2)7/h2,4-5H2,1,3H3. The van der Waals surface area contributed by atoms with Crippen LogP contribution in [0.3, 0.4) is 0 Å². The van der Waals surface area contributed by atoms with Gasteiger partial charge in [0.05, 0.1) is 13.7 Å². The first kappa shape index (κ1) is 9.14. The molecule has 0 aliphatic heterocycles. The number of rotatable bonds is 4. The summed E-state index contributed by atoms with van der Waals surface area (Å²) >= 11 is 3.24. The molecule has 9 heavy (non-hydrogen) atoms. The molecule has 54 valence electrons. The van der Waals surface area contributed by atoms with E-state index >= 15 is 0 Å². The van der Waals surface area contributed by atoms with E-state index < -0.39 is 0 Å². The van der Waals surface area contributed by atoms with Gasteiger partial charge in [-0.1, -0.05) is 29.4 Å². The first-order chi connectivity index (χ1) is 4.20. The minimum Gasteiger partial charge on any atom is -0.302 e. The summed E-state index contributed by atoms with van der Waals surface area (Å²) in [7, 11) is 1.65. The van der Waals surface area contributed by atoms with Gasteiger partial charge in [0.15, 0.2) is 0 Å². The van der Waals surface area contributed by atoms with Crippen molar-refractivity contribution in [1.82, 2.24) is 5.06 Å². The van der Waals surface area contributed by atoms with Gasteiger partial charge in [-0.05, 0) is 0 Å². The van der Waals surface area contributed by atoms with E-state index in [0.29, 0.717) is 0 Å². The summed E-state index contributed by atoms with van der Waals surface area (Å²) in [5.74, 6) is 0. The highest BCUT2D eigenvalue weighted by molar-refractivity contribution is 9.11. The second-order valence-electron chi connectivity index (χ2n) is 1.66. The number of hydrogen-bond acceptors (Lipinski definition) is 2. The second kappa shape index (κ2) is 4.97. The Morgan fingerprint density at radius 1 is 1.78 bits per heavy atom. The molecular formula is C6H12BrNO. The van der Waals surface area contributed by atoms with Gasteiger partial charge in [-0.2, -0.15) is 5.06 Å². The smallest absolute Gasteiger partial charge is 0.0575 e. The Morgan fingerprint density at radius 2 is 2.33 bits per heavy atom. The fourth-order valence-electron chi connectivity index (χ4n) is 0.497. The lowest BCUT2D eigenvalue weighted by molar-refractivity contribution is -0.118. The predicted molar refractivity (Wildman–Crippen MR) is 42.3 cm³/mol. The topological polar surface area (TPSA) is 12.5 Å². The highest BCUT2D eigenvalue weighted by Gasteiger charge is 1.98. The van der Waals surface area contributed by atoms with E-state index in [9.17, 15) is 0 Å². The van der Waals surface area contributed by atoms with E-state index in [1.807, 2.05) is 6.92 Å². The average Bonchev–Trinajstić information content (AvgIpc) is 1.82. The van der Waals surface area contributed by atoms with Gasteiger partial charge < -0.3 is 4.84 Å². The molecule has 0 aromatic rings. The van der Waals surface area contributed by atoms with Crippen LogP contribution >= 0.6 is 15.9 Å². The molecule has 0 aliphatic rings. The minimum atomic E-state index is 0.743. The lowest BCUT2D eigenvalue weighted by Crippen LogP contribution is -2.22. The second-order valence-corrected chi connectivity index (χ2v) is 2.78. The Morgan fingerprint density at radius 3 is 2.44 bits per heavy atom. The lowest BCUT2D eigenvalue weighted by atomic mass is 10.6.